The third kappa shape index (κ3) is 5.08. The highest BCUT2D eigenvalue weighted by atomic mass is 19.3. The average molecular weight is 519 g/mol. The van der Waals surface area contributed by atoms with Gasteiger partial charge in [-0.1, -0.05) is 0 Å². The Morgan fingerprint density at radius 2 is 2.11 bits per heavy atom. The Balaban J connectivity index is 1.59. The first kappa shape index (κ1) is 26.0. The fraction of sp³-hybridized carbons (Fsp3) is 0.435. The highest BCUT2D eigenvalue weighted by Crippen LogP contribution is 2.29. The molecule has 0 bridgehead atoms. The molecule has 0 spiro atoms. The number of halogens is 3. The molecule has 2 atom stereocenters. The van der Waals surface area contributed by atoms with Gasteiger partial charge in [-0.25, -0.2) is 23.0 Å². The molecule has 14 heteroatoms. The van der Waals surface area contributed by atoms with E-state index in [1.807, 2.05) is 0 Å². The zero-order valence-corrected chi connectivity index (χ0v) is 20.2. The van der Waals surface area contributed by atoms with Crippen LogP contribution < -0.4 is 5.32 Å². The molecule has 1 N–H and O–H groups in total. The van der Waals surface area contributed by atoms with Gasteiger partial charge >= 0.3 is 6.03 Å². The second-order valence-corrected chi connectivity index (χ2v) is 8.88. The van der Waals surface area contributed by atoms with Gasteiger partial charge in [0.1, 0.15) is 17.6 Å². The van der Waals surface area contributed by atoms with E-state index in [1.54, 1.807) is 13.0 Å². The second kappa shape index (κ2) is 10.1. The molecule has 2 unspecified atom stereocenters. The standard InChI is InChI=1S/C23H24F3N7O4/c1-12-6-17-15(9-32(12)23(36)28-14-4-5-16(24)13(7-14)8-27)20-22(35)31(3)37-18(10-33(20)29-17)21(34)30(2)11-19(25)26/h4-5,7,12,18-19H,6,9-11H2,1-3H3,(H,28,36). The number of hydrogen-bond acceptors (Lipinski definition) is 6. The molecular formula is C23H24F3N7O4. The molecule has 2 aromatic rings. The lowest BCUT2D eigenvalue weighted by atomic mass is 9.99. The third-order valence-corrected chi connectivity index (χ3v) is 6.26. The molecule has 3 heterocycles. The van der Waals surface area contributed by atoms with Crippen molar-refractivity contribution in [3.05, 3.63) is 46.5 Å². The van der Waals surface area contributed by atoms with Crippen molar-refractivity contribution in [3.63, 3.8) is 0 Å². The number of anilines is 1. The topological polar surface area (TPSA) is 124 Å². The van der Waals surface area contributed by atoms with Gasteiger partial charge < -0.3 is 15.1 Å². The fourth-order valence-electron chi connectivity index (χ4n) is 4.37. The van der Waals surface area contributed by atoms with Gasteiger partial charge in [0.15, 0.2) is 6.10 Å². The number of alkyl halides is 2. The van der Waals surface area contributed by atoms with Crippen molar-refractivity contribution in [2.75, 3.05) is 26.0 Å². The number of hydroxylamine groups is 2. The van der Waals surface area contributed by atoms with Gasteiger partial charge in [-0.2, -0.15) is 10.4 Å². The van der Waals surface area contributed by atoms with Crippen LogP contribution in [0.25, 0.3) is 0 Å². The molecule has 4 rings (SSSR count). The molecule has 1 aromatic heterocycles. The number of nitrogens with one attached hydrogen (secondary N) is 1. The van der Waals surface area contributed by atoms with Crippen LogP contribution in [0.15, 0.2) is 18.2 Å². The molecule has 2 aliphatic heterocycles. The molecule has 0 aliphatic carbocycles. The second-order valence-electron chi connectivity index (χ2n) is 8.88. The molecule has 37 heavy (non-hydrogen) atoms. The summed E-state index contributed by atoms with van der Waals surface area (Å²) in [6.07, 6.45) is -3.69. The number of nitrogens with zero attached hydrogens (tertiary/aromatic N) is 6. The minimum absolute atomic E-state index is 0.00739. The van der Waals surface area contributed by atoms with E-state index in [2.05, 4.69) is 10.4 Å². The lowest BCUT2D eigenvalue weighted by molar-refractivity contribution is -0.177. The van der Waals surface area contributed by atoms with Crippen molar-refractivity contribution >= 4 is 23.5 Å². The molecule has 0 saturated heterocycles. The van der Waals surface area contributed by atoms with Crippen LogP contribution in [0, 0.1) is 17.1 Å². The van der Waals surface area contributed by atoms with Gasteiger partial charge in [-0.3, -0.25) is 19.1 Å². The van der Waals surface area contributed by atoms with E-state index < -0.39 is 42.7 Å². The van der Waals surface area contributed by atoms with E-state index in [0.29, 0.717) is 17.7 Å². The van der Waals surface area contributed by atoms with Crippen molar-refractivity contribution in [2.45, 2.75) is 45.0 Å². The molecule has 196 valence electrons. The number of carbonyl (C=O) groups is 3. The highest BCUT2D eigenvalue weighted by molar-refractivity contribution is 5.95. The van der Waals surface area contributed by atoms with Crippen LogP contribution in [0.1, 0.15) is 34.2 Å². The van der Waals surface area contributed by atoms with E-state index in [-0.39, 0.29) is 36.1 Å². The van der Waals surface area contributed by atoms with Gasteiger partial charge in [0.05, 0.1) is 30.9 Å². The summed E-state index contributed by atoms with van der Waals surface area (Å²) in [6, 6.07) is 4.48. The van der Waals surface area contributed by atoms with Crippen molar-refractivity contribution in [3.8, 4) is 6.07 Å². The number of benzene rings is 1. The lowest BCUT2D eigenvalue weighted by Crippen LogP contribution is -2.45. The van der Waals surface area contributed by atoms with Crippen molar-refractivity contribution in [1.29, 1.82) is 5.26 Å². The predicted octanol–water partition coefficient (Wildman–Crippen LogP) is 1.98. The van der Waals surface area contributed by atoms with Gasteiger partial charge in [-0.15, -0.1) is 0 Å². The summed E-state index contributed by atoms with van der Waals surface area (Å²) in [6.45, 7) is 0.830. The summed E-state index contributed by atoms with van der Waals surface area (Å²) >= 11 is 0. The largest absolute Gasteiger partial charge is 0.338 e. The summed E-state index contributed by atoms with van der Waals surface area (Å²) in [5, 5.41) is 17.0. The summed E-state index contributed by atoms with van der Waals surface area (Å²) in [4.78, 5) is 46.7. The molecule has 11 nitrogen and oxygen atoms in total. The van der Waals surface area contributed by atoms with E-state index in [1.165, 1.54) is 35.8 Å². The Hall–Kier alpha value is -4.12. The summed E-state index contributed by atoms with van der Waals surface area (Å²) in [5.41, 5.74) is 1.18. The van der Waals surface area contributed by atoms with Crippen LogP contribution in [-0.4, -0.2) is 81.7 Å². The summed E-state index contributed by atoms with van der Waals surface area (Å²) in [7, 11) is 2.53. The summed E-state index contributed by atoms with van der Waals surface area (Å²) < 4.78 is 40.5. The number of aromatic nitrogens is 2. The van der Waals surface area contributed by atoms with Crippen LogP contribution in [0.4, 0.5) is 23.7 Å². The van der Waals surface area contributed by atoms with Gasteiger partial charge in [0, 0.05) is 37.8 Å². The Labute approximate surface area is 209 Å². The monoisotopic (exact) mass is 519 g/mol. The first-order valence-corrected chi connectivity index (χ1v) is 11.3. The van der Waals surface area contributed by atoms with E-state index >= 15 is 0 Å². The minimum atomic E-state index is -2.73. The molecule has 2 aliphatic rings. The Morgan fingerprint density at radius 1 is 1.38 bits per heavy atom. The molecular weight excluding hydrogens is 495 g/mol. The van der Waals surface area contributed by atoms with Crippen LogP contribution in [0.2, 0.25) is 0 Å². The Morgan fingerprint density at radius 3 is 2.78 bits per heavy atom. The zero-order valence-electron chi connectivity index (χ0n) is 20.2. The smallest absolute Gasteiger partial charge is 0.322 e. The SMILES string of the molecule is CC1Cc2nn3c(c2CN1C(=O)Nc1ccc(F)c(C#N)c1)C(=O)N(C)OC(C(=O)N(C)CC(F)F)C3. The van der Waals surface area contributed by atoms with Crippen LogP contribution in [0.5, 0.6) is 0 Å². The van der Waals surface area contributed by atoms with Crippen LogP contribution in [-0.2, 0) is 29.1 Å². The maximum absolute atomic E-state index is 13.6. The number of hydrogen-bond donors (Lipinski definition) is 1. The number of likely N-dealkylation sites (N-methyl/N-ethyl adjacent to an activating group) is 1. The quantitative estimate of drug-likeness (QED) is 0.659. The maximum Gasteiger partial charge on any atom is 0.322 e. The number of rotatable bonds is 4. The van der Waals surface area contributed by atoms with Crippen LogP contribution >= 0.6 is 0 Å². The Kier molecular flexibility index (Phi) is 7.08. The van der Waals surface area contributed by atoms with Gasteiger partial charge in [-0.05, 0) is 25.1 Å². The fourth-order valence-corrected chi connectivity index (χ4v) is 4.37. The van der Waals surface area contributed by atoms with E-state index in [4.69, 9.17) is 10.1 Å². The summed E-state index contributed by atoms with van der Waals surface area (Å²) in [5.74, 6) is -2.04. The number of amides is 4. The highest BCUT2D eigenvalue weighted by Gasteiger charge is 2.39. The van der Waals surface area contributed by atoms with E-state index in [9.17, 15) is 27.6 Å². The first-order chi connectivity index (χ1) is 17.5. The van der Waals surface area contributed by atoms with Crippen molar-refractivity contribution < 1.29 is 32.4 Å². The number of nitriles is 1. The van der Waals surface area contributed by atoms with E-state index in [0.717, 1.165) is 16.0 Å². The van der Waals surface area contributed by atoms with Gasteiger partial charge in [0.25, 0.3) is 18.2 Å². The molecule has 1 aromatic carbocycles. The normalized spacial score (nSPS) is 19.1. The lowest BCUT2D eigenvalue weighted by Gasteiger charge is -2.33. The number of fused-ring (bicyclic) bond motifs is 3. The third-order valence-electron chi connectivity index (χ3n) is 6.26. The average Bonchev–Trinajstić information content (AvgIpc) is 3.12. The first-order valence-electron chi connectivity index (χ1n) is 11.3. The molecule has 0 radical (unpaired) electrons. The molecule has 0 fully saturated rings. The maximum atomic E-state index is 13.6. The van der Waals surface area contributed by atoms with Gasteiger partial charge in [0.2, 0.25) is 0 Å². The molecule has 4 amide bonds. The van der Waals surface area contributed by atoms with Crippen LogP contribution in [0.3, 0.4) is 0 Å². The van der Waals surface area contributed by atoms with Crippen molar-refractivity contribution in [2.24, 2.45) is 0 Å². The minimum Gasteiger partial charge on any atom is -0.338 e. The molecule has 0 saturated carbocycles. The zero-order chi connectivity index (χ0) is 27.0. The number of urea groups is 1. The van der Waals surface area contributed by atoms with Crippen molar-refractivity contribution in [1.82, 2.24) is 24.6 Å². The number of carbonyl (C=O) groups excluding carboxylic acids is 3. The predicted molar refractivity (Wildman–Crippen MR) is 122 cm³/mol. The Bertz CT molecular complexity index is 1290.